The van der Waals surface area contributed by atoms with E-state index in [0.29, 0.717) is 11.6 Å². The monoisotopic (exact) mass is 369 g/mol. The van der Waals surface area contributed by atoms with E-state index in [4.69, 9.17) is 0 Å². The highest BCUT2D eigenvalue weighted by Gasteiger charge is 2.13. The maximum atomic E-state index is 13.6. The zero-order chi connectivity index (χ0) is 19.2. The van der Waals surface area contributed by atoms with Crippen LogP contribution in [0.2, 0.25) is 0 Å². The van der Waals surface area contributed by atoms with Gasteiger partial charge in [0, 0.05) is 17.6 Å². The lowest BCUT2D eigenvalue weighted by Gasteiger charge is -2.15. The van der Waals surface area contributed by atoms with Gasteiger partial charge in [0.05, 0.1) is 11.4 Å². The van der Waals surface area contributed by atoms with E-state index in [1.807, 2.05) is 23.3 Å². The van der Waals surface area contributed by atoms with Gasteiger partial charge in [0.15, 0.2) is 0 Å². The lowest BCUT2D eigenvalue weighted by atomic mass is 10.1. The molecule has 0 unspecified atom stereocenters. The number of hydrazine groups is 2. The SMILES string of the molecule is CC(C)CCC1=CN(c2ccc(NC(=O)Nc3ccccc3F)cc2)NN1. The van der Waals surface area contributed by atoms with E-state index in [0.717, 1.165) is 24.2 Å². The third-order valence-corrected chi connectivity index (χ3v) is 4.14. The minimum absolute atomic E-state index is 0.137. The molecule has 1 heterocycles. The van der Waals surface area contributed by atoms with Crippen molar-refractivity contribution >= 4 is 23.1 Å². The van der Waals surface area contributed by atoms with Gasteiger partial charge in [-0.2, -0.15) is 0 Å². The van der Waals surface area contributed by atoms with Crippen molar-refractivity contribution in [1.82, 2.24) is 11.0 Å². The number of carbonyl (C=O) groups is 1. The van der Waals surface area contributed by atoms with E-state index in [-0.39, 0.29) is 5.69 Å². The molecule has 2 aromatic carbocycles. The molecule has 142 valence electrons. The standard InChI is InChI=1S/C20H24FN5O/c1-14(2)7-8-16-13-26(25-24-16)17-11-9-15(10-12-17)22-20(27)23-19-6-4-3-5-18(19)21/h3-6,9-14,24-25H,7-8H2,1-2H3,(H2,22,23,27). The Morgan fingerprint density at radius 3 is 2.56 bits per heavy atom. The smallest absolute Gasteiger partial charge is 0.308 e. The summed E-state index contributed by atoms with van der Waals surface area (Å²) in [7, 11) is 0. The fraction of sp³-hybridized carbons (Fsp3) is 0.250. The van der Waals surface area contributed by atoms with Crippen LogP contribution in [0.5, 0.6) is 0 Å². The highest BCUT2D eigenvalue weighted by Crippen LogP contribution is 2.21. The number of nitrogens with zero attached hydrogens (tertiary/aromatic N) is 1. The molecule has 7 heteroatoms. The zero-order valence-electron chi connectivity index (χ0n) is 15.4. The summed E-state index contributed by atoms with van der Waals surface area (Å²) in [6.45, 7) is 4.41. The average Bonchev–Trinajstić information content (AvgIpc) is 3.11. The molecule has 3 rings (SSSR count). The summed E-state index contributed by atoms with van der Waals surface area (Å²) in [5.74, 6) is 0.179. The number of urea groups is 1. The number of halogens is 1. The Hall–Kier alpha value is -3.06. The van der Waals surface area contributed by atoms with E-state index >= 15 is 0 Å². The molecule has 4 N–H and O–H groups in total. The van der Waals surface area contributed by atoms with Crippen molar-refractivity contribution in [3.63, 3.8) is 0 Å². The summed E-state index contributed by atoms with van der Waals surface area (Å²) >= 11 is 0. The number of amides is 2. The number of hydrogen-bond donors (Lipinski definition) is 4. The van der Waals surface area contributed by atoms with Crippen LogP contribution >= 0.6 is 0 Å². The zero-order valence-corrected chi connectivity index (χ0v) is 15.4. The van der Waals surface area contributed by atoms with E-state index in [2.05, 4.69) is 35.4 Å². The predicted molar refractivity (Wildman–Crippen MR) is 106 cm³/mol. The Morgan fingerprint density at radius 1 is 1.11 bits per heavy atom. The molecule has 0 saturated heterocycles. The predicted octanol–water partition coefficient (Wildman–Crippen LogP) is 4.58. The van der Waals surface area contributed by atoms with Crippen molar-refractivity contribution in [2.75, 3.05) is 15.6 Å². The van der Waals surface area contributed by atoms with Crippen LogP contribution in [0, 0.1) is 11.7 Å². The molecule has 0 aromatic heterocycles. The topological polar surface area (TPSA) is 68.4 Å². The quantitative estimate of drug-likeness (QED) is 0.602. The molecule has 27 heavy (non-hydrogen) atoms. The van der Waals surface area contributed by atoms with Crippen molar-refractivity contribution in [1.29, 1.82) is 0 Å². The molecule has 2 aromatic rings. The van der Waals surface area contributed by atoms with Crippen molar-refractivity contribution in [2.45, 2.75) is 26.7 Å². The second-order valence-electron chi connectivity index (χ2n) is 6.80. The molecule has 0 fully saturated rings. The molecule has 6 nitrogen and oxygen atoms in total. The minimum Gasteiger partial charge on any atom is -0.308 e. The van der Waals surface area contributed by atoms with Gasteiger partial charge in [-0.1, -0.05) is 26.0 Å². The van der Waals surface area contributed by atoms with Gasteiger partial charge in [0.2, 0.25) is 0 Å². The van der Waals surface area contributed by atoms with Crippen LogP contribution in [0.3, 0.4) is 0 Å². The summed E-state index contributed by atoms with van der Waals surface area (Å²) in [5, 5.41) is 7.07. The van der Waals surface area contributed by atoms with E-state index in [1.54, 1.807) is 24.3 Å². The van der Waals surface area contributed by atoms with Crippen molar-refractivity contribution in [3.05, 3.63) is 66.2 Å². The lowest BCUT2D eigenvalue weighted by Crippen LogP contribution is -2.36. The molecule has 1 aliphatic heterocycles. The molecular weight excluding hydrogens is 345 g/mol. The highest BCUT2D eigenvalue weighted by molar-refractivity contribution is 5.99. The van der Waals surface area contributed by atoms with Gasteiger partial charge in [0.1, 0.15) is 5.82 Å². The number of allylic oxidation sites excluding steroid dienone is 1. The molecule has 0 bridgehead atoms. The van der Waals surface area contributed by atoms with Crippen LogP contribution in [-0.2, 0) is 0 Å². The van der Waals surface area contributed by atoms with Crippen molar-refractivity contribution in [3.8, 4) is 0 Å². The third-order valence-electron chi connectivity index (χ3n) is 4.14. The van der Waals surface area contributed by atoms with Crippen LogP contribution in [0.25, 0.3) is 0 Å². The van der Waals surface area contributed by atoms with Crippen LogP contribution in [-0.4, -0.2) is 6.03 Å². The molecule has 1 aliphatic rings. The van der Waals surface area contributed by atoms with Gasteiger partial charge in [-0.15, -0.1) is 5.53 Å². The summed E-state index contributed by atoms with van der Waals surface area (Å²) < 4.78 is 13.6. The highest BCUT2D eigenvalue weighted by atomic mass is 19.1. The lowest BCUT2D eigenvalue weighted by molar-refractivity contribution is 0.262. The first-order valence-electron chi connectivity index (χ1n) is 8.95. The Kier molecular flexibility index (Phi) is 5.93. The molecule has 0 spiro atoms. The Bertz CT molecular complexity index is 819. The van der Waals surface area contributed by atoms with Crippen LogP contribution < -0.4 is 26.6 Å². The molecule has 2 amide bonds. The van der Waals surface area contributed by atoms with Gasteiger partial charge in [0.25, 0.3) is 0 Å². The average molecular weight is 369 g/mol. The van der Waals surface area contributed by atoms with Gasteiger partial charge in [-0.25, -0.2) is 9.18 Å². The normalized spacial score (nSPS) is 13.3. The molecule has 0 saturated carbocycles. The molecule has 0 aliphatic carbocycles. The molecule has 0 radical (unpaired) electrons. The first-order valence-corrected chi connectivity index (χ1v) is 8.95. The third kappa shape index (κ3) is 5.21. The fourth-order valence-corrected chi connectivity index (χ4v) is 2.62. The number of nitrogens with one attached hydrogen (secondary N) is 4. The number of benzene rings is 2. The summed E-state index contributed by atoms with van der Waals surface area (Å²) in [4.78, 5) is 12.0. The summed E-state index contributed by atoms with van der Waals surface area (Å²) in [5.41, 5.74) is 9.08. The number of carbonyl (C=O) groups excluding carboxylic acids is 1. The van der Waals surface area contributed by atoms with Crippen molar-refractivity contribution < 1.29 is 9.18 Å². The number of anilines is 3. The van der Waals surface area contributed by atoms with Crippen LogP contribution in [0.4, 0.5) is 26.2 Å². The summed E-state index contributed by atoms with van der Waals surface area (Å²) in [6, 6.07) is 12.9. The molecule has 0 atom stereocenters. The minimum atomic E-state index is -0.496. The van der Waals surface area contributed by atoms with Crippen LogP contribution in [0.15, 0.2) is 60.4 Å². The number of para-hydroxylation sites is 1. The van der Waals surface area contributed by atoms with E-state index in [1.165, 1.54) is 12.1 Å². The Morgan fingerprint density at radius 2 is 1.85 bits per heavy atom. The Labute approximate surface area is 158 Å². The van der Waals surface area contributed by atoms with Gasteiger partial charge in [-0.05, 0) is 55.2 Å². The van der Waals surface area contributed by atoms with E-state index in [9.17, 15) is 9.18 Å². The number of rotatable bonds is 6. The maximum absolute atomic E-state index is 13.6. The largest absolute Gasteiger partial charge is 0.323 e. The van der Waals surface area contributed by atoms with Gasteiger partial charge in [-0.3, -0.25) is 5.01 Å². The second kappa shape index (κ2) is 8.55. The molecular formula is C20H24FN5O. The fourth-order valence-electron chi connectivity index (χ4n) is 2.62. The van der Waals surface area contributed by atoms with Gasteiger partial charge >= 0.3 is 6.03 Å². The van der Waals surface area contributed by atoms with Crippen molar-refractivity contribution in [2.24, 2.45) is 5.92 Å². The first-order chi connectivity index (χ1) is 13.0. The first kappa shape index (κ1) is 18.7. The van der Waals surface area contributed by atoms with Gasteiger partial charge < -0.3 is 16.1 Å². The second-order valence-corrected chi connectivity index (χ2v) is 6.80. The van der Waals surface area contributed by atoms with Crippen LogP contribution in [0.1, 0.15) is 26.7 Å². The Balaban J connectivity index is 1.56. The summed E-state index contributed by atoms with van der Waals surface area (Å²) in [6.07, 6.45) is 4.13. The van der Waals surface area contributed by atoms with E-state index < -0.39 is 11.8 Å². The number of hydrogen-bond acceptors (Lipinski definition) is 4. The maximum Gasteiger partial charge on any atom is 0.323 e.